The van der Waals surface area contributed by atoms with Crippen LogP contribution in [-0.4, -0.2) is 37.6 Å². The van der Waals surface area contributed by atoms with E-state index in [-0.39, 0.29) is 22.9 Å². The quantitative estimate of drug-likeness (QED) is 0.241. The van der Waals surface area contributed by atoms with Gasteiger partial charge >= 0.3 is 0 Å². The lowest BCUT2D eigenvalue weighted by molar-refractivity contribution is -0.114. The third-order valence-electron chi connectivity index (χ3n) is 4.92. The number of aromatic amines is 1. The van der Waals surface area contributed by atoms with Gasteiger partial charge in [0.05, 0.1) is 11.0 Å². The maximum absolute atomic E-state index is 12.9. The van der Waals surface area contributed by atoms with E-state index in [1.54, 1.807) is 42.5 Å². The van der Waals surface area contributed by atoms with Gasteiger partial charge in [-0.1, -0.05) is 23.7 Å². The third-order valence-corrected chi connectivity index (χ3v) is 5.16. The van der Waals surface area contributed by atoms with Gasteiger partial charge in [0.2, 0.25) is 5.91 Å². The second kappa shape index (κ2) is 10.2. The number of fused-ring (bicyclic) bond motifs is 1. The number of H-pyrrole nitrogens is 1. The lowest BCUT2D eigenvalue weighted by Gasteiger charge is -2.15. The number of carbonyl (C=O) groups excluding carboxylic acids is 2. The summed E-state index contributed by atoms with van der Waals surface area (Å²) in [6, 6.07) is 14.1. The van der Waals surface area contributed by atoms with Crippen LogP contribution < -0.4 is 16.3 Å². The van der Waals surface area contributed by atoms with Crippen molar-refractivity contribution in [2.75, 3.05) is 5.32 Å². The molecule has 0 spiro atoms. The van der Waals surface area contributed by atoms with Gasteiger partial charge in [-0.15, -0.1) is 0 Å². The maximum Gasteiger partial charge on any atom is 0.276 e. The summed E-state index contributed by atoms with van der Waals surface area (Å²) in [6.45, 7) is 1.38. The van der Waals surface area contributed by atoms with Crippen LogP contribution in [0.25, 0.3) is 11.0 Å². The first-order valence-electron chi connectivity index (χ1n) is 10.4. The van der Waals surface area contributed by atoms with Crippen LogP contribution in [0.4, 0.5) is 5.69 Å². The molecule has 2 amide bonds. The van der Waals surface area contributed by atoms with Crippen molar-refractivity contribution < 1.29 is 14.7 Å². The number of hydrogen-bond donors (Lipinski definition) is 4. The molecule has 0 radical (unpaired) electrons. The number of hydrazone groups is 1. The number of rotatable bonds is 6. The minimum Gasteiger partial charge on any atom is -0.382 e. The highest BCUT2D eigenvalue weighted by molar-refractivity contribution is 6.31. The number of aliphatic hydroxyl groups excluding tert-OH is 1. The van der Waals surface area contributed by atoms with Crippen LogP contribution in [0.5, 0.6) is 0 Å². The average molecular weight is 491 g/mol. The molecule has 0 saturated heterocycles. The summed E-state index contributed by atoms with van der Waals surface area (Å²) in [5.74, 6) is -0.812. The van der Waals surface area contributed by atoms with E-state index in [9.17, 15) is 19.5 Å². The number of hydrogen-bond acceptors (Lipinski definition) is 7. The van der Waals surface area contributed by atoms with Gasteiger partial charge in [-0.05, 0) is 48.0 Å². The lowest BCUT2D eigenvalue weighted by atomic mass is 10.0. The smallest absolute Gasteiger partial charge is 0.276 e. The van der Waals surface area contributed by atoms with Crippen LogP contribution in [0.15, 0.2) is 76.9 Å². The molecule has 2 aromatic heterocycles. The van der Waals surface area contributed by atoms with Crippen molar-refractivity contribution in [1.29, 1.82) is 0 Å². The topological polar surface area (TPSA) is 149 Å². The summed E-state index contributed by atoms with van der Waals surface area (Å²) >= 11 is 6.00. The minimum atomic E-state index is -1.43. The molecular formula is C24H19ClN6O4. The Morgan fingerprint density at radius 3 is 2.49 bits per heavy atom. The summed E-state index contributed by atoms with van der Waals surface area (Å²) in [4.78, 5) is 47.6. The molecule has 0 bridgehead atoms. The number of aliphatic hydroxyl groups is 1. The number of amides is 2. The Bertz CT molecular complexity index is 1490. The number of pyridine rings is 1. The molecule has 4 aromatic rings. The average Bonchev–Trinajstić information content (AvgIpc) is 2.84. The molecule has 0 saturated carbocycles. The van der Waals surface area contributed by atoms with E-state index in [1.807, 2.05) is 0 Å². The van der Waals surface area contributed by atoms with Crippen molar-refractivity contribution in [2.45, 2.75) is 13.0 Å². The highest BCUT2D eigenvalue weighted by Gasteiger charge is 2.23. The second-order valence-corrected chi connectivity index (χ2v) is 7.89. The summed E-state index contributed by atoms with van der Waals surface area (Å²) in [5, 5.41) is 18.3. The van der Waals surface area contributed by atoms with Crippen LogP contribution in [0.3, 0.4) is 0 Å². The first-order chi connectivity index (χ1) is 16.8. The zero-order valence-electron chi connectivity index (χ0n) is 18.3. The minimum absolute atomic E-state index is 0.183. The molecule has 1 atom stereocenters. The molecule has 11 heteroatoms. The number of anilines is 1. The summed E-state index contributed by atoms with van der Waals surface area (Å²) in [5.41, 5.74) is 3.33. The molecule has 4 N–H and O–H groups in total. The fraction of sp³-hybridized carbons (Fsp3) is 0.0833. The SMILES string of the molecule is CC(=O)Nc1ccc(C(O)/C(=N\NC(=O)c2ccncc2)c2nc3ccc(Cl)cc3[nH]c2=O)cc1. The Morgan fingerprint density at radius 1 is 1.09 bits per heavy atom. The number of aromatic nitrogens is 3. The Hall–Kier alpha value is -4.41. The van der Waals surface area contributed by atoms with Gasteiger partial charge in [-0.3, -0.25) is 19.4 Å². The number of halogens is 1. The zero-order chi connectivity index (χ0) is 24.9. The standard InChI is InChI=1S/C24H19ClN6O4/c1-13(32)27-17-5-2-14(3-6-17)22(33)20(30-31-23(34)15-8-10-26-11-9-15)21-24(35)29-19-12-16(25)4-7-18(19)28-21/h2-12,22,33H,1H3,(H,27,32)(H,29,35)(H,31,34)/b30-20-. The number of carbonyl (C=O) groups is 2. The molecule has 2 aromatic carbocycles. The van der Waals surface area contributed by atoms with Crippen molar-refractivity contribution in [1.82, 2.24) is 20.4 Å². The molecule has 35 heavy (non-hydrogen) atoms. The van der Waals surface area contributed by atoms with E-state index in [0.717, 1.165) is 0 Å². The van der Waals surface area contributed by atoms with E-state index >= 15 is 0 Å². The van der Waals surface area contributed by atoms with Gasteiger partial charge in [-0.2, -0.15) is 5.10 Å². The van der Waals surface area contributed by atoms with Crippen molar-refractivity contribution in [3.05, 3.63) is 99.2 Å². The number of benzene rings is 2. The van der Waals surface area contributed by atoms with Crippen LogP contribution in [0.1, 0.15) is 34.6 Å². The fourth-order valence-corrected chi connectivity index (χ4v) is 3.44. The van der Waals surface area contributed by atoms with Crippen molar-refractivity contribution in [2.24, 2.45) is 5.10 Å². The molecule has 10 nitrogen and oxygen atoms in total. The van der Waals surface area contributed by atoms with E-state index < -0.39 is 17.6 Å². The fourth-order valence-electron chi connectivity index (χ4n) is 3.26. The molecule has 1 unspecified atom stereocenters. The normalized spacial score (nSPS) is 12.3. The monoisotopic (exact) mass is 490 g/mol. The number of nitrogens with zero attached hydrogens (tertiary/aromatic N) is 3. The maximum atomic E-state index is 12.9. The van der Waals surface area contributed by atoms with E-state index in [2.05, 4.69) is 30.8 Å². The summed E-state index contributed by atoms with van der Waals surface area (Å²) in [6.07, 6.45) is 1.47. The Kier molecular flexibility index (Phi) is 6.95. The molecule has 0 aliphatic heterocycles. The molecule has 4 rings (SSSR count). The molecule has 176 valence electrons. The van der Waals surface area contributed by atoms with Crippen molar-refractivity contribution >= 4 is 45.8 Å². The Morgan fingerprint density at radius 2 is 1.80 bits per heavy atom. The first-order valence-corrected chi connectivity index (χ1v) is 10.7. The van der Waals surface area contributed by atoms with Gasteiger partial charge in [0.25, 0.3) is 11.5 Å². The Balaban J connectivity index is 1.76. The third kappa shape index (κ3) is 5.57. The zero-order valence-corrected chi connectivity index (χ0v) is 19.1. The predicted octanol–water partition coefficient (Wildman–Crippen LogP) is 2.80. The summed E-state index contributed by atoms with van der Waals surface area (Å²) < 4.78 is 0. The van der Waals surface area contributed by atoms with Gasteiger partial charge in [0, 0.05) is 35.6 Å². The highest BCUT2D eigenvalue weighted by atomic mass is 35.5. The van der Waals surface area contributed by atoms with Gasteiger partial charge in [0.15, 0.2) is 5.69 Å². The van der Waals surface area contributed by atoms with Crippen LogP contribution in [0.2, 0.25) is 5.02 Å². The van der Waals surface area contributed by atoms with Gasteiger partial charge in [0.1, 0.15) is 11.8 Å². The first kappa shape index (κ1) is 23.7. The molecule has 0 aliphatic rings. The Labute approximate surface area is 203 Å². The van der Waals surface area contributed by atoms with E-state index in [0.29, 0.717) is 27.3 Å². The predicted molar refractivity (Wildman–Crippen MR) is 131 cm³/mol. The second-order valence-electron chi connectivity index (χ2n) is 7.46. The molecule has 2 heterocycles. The van der Waals surface area contributed by atoms with Gasteiger partial charge in [-0.25, -0.2) is 10.4 Å². The van der Waals surface area contributed by atoms with Crippen LogP contribution in [0, 0.1) is 0 Å². The largest absolute Gasteiger partial charge is 0.382 e. The molecule has 0 aliphatic carbocycles. The van der Waals surface area contributed by atoms with Gasteiger partial charge < -0.3 is 15.4 Å². The van der Waals surface area contributed by atoms with Crippen LogP contribution in [-0.2, 0) is 4.79 Å². The van der Waals surface area contributed by atoms with E-state index in [1.165, 1.54) is 31.5 Å². The van der Waals surface area contributed by atoms with E-state index in [4.69, 9.17) is 11.6 Å². The lowest BCUT2D eigenvalue weighted by Crippen LogP contribution is -2.29. The highest BCUT2D eigenvalue weighted by Crippen LogP contribution is 2.21. The van der Waals surface area contributed by atoms with Crippen LogP contribution >= 0.6 is 11.6 Å². The molecule has 0 fully saturated rings. The number of nitrogens with one attached hydrogen (secondary N) is 3. The van der Waals surface area contributed by atoms with Crippen molar-refractivity contribution in [3.63, 3.8) is 0 Å². The molecular weight excluding hydrogens is 472 g/mol. The summed E-state index contributed by atoms with van der Waals surface area (Å²) in [7, 11) is 0. The van der Waals surface area contributed by atoms with Crippen molar-refractivity contribution in [3.8, 4) is 0 Å².